The third-order valence-corrected chi connectivity index (χ3v) is 7.08. The number of hydrogen-bond acceptors (Lipinski definition) is 3. The van der Waals surface area contributed by atoms with Crippen LogP contribution in [0.3, 0.4) is 0 Å². The van der Waals surface area contributed by atoms with Crippen LogP contribution in [0.4, 0.5) is 0 Å². The minimum absolute atomic E-state index is 0.0485. The lowest BCUT2D eigenvalue weighted by Gasteiger charge is -2.15. The molecule has 1 unspecified atom stereocenters. The molecule has 0 aromatic rings. The second-order valence-corrected chi connectivity index (χ2v) is 10.8. The third-order valence-electron chi connectivity index (χ3n) is 7.08. The van der Waals surface area contributed by atoms with Gasteiger partial charge in [-0.15, -0.1) is 0 Å². The topological polar surface area (TPSA) is 46.5 Å². The highest BCUT2D eigenvalue weighted by molar-refractivity contribution is 5.66. The van der Waals surface area contributed by atoms with Gasteiger partial charge in [-0.25, -0.2) is 0 Å². The minimum Gasteiger partial charge on any atom is -0.462 e. The quantitative estimate of drug-likeness (QED) is 0.0701. The van der Waals surface area contributed by atoms with Gasteiger partial charge in [0.15, 0.2) is 0 Å². The zero-order valence-corrected chi connectivity index (χ0v) is 24.0. The van der Waals surface area contributed by atoms with E-state index in [-0.39, 0.29) is 18.2 Å². The number of carbonyl (C=O) groups is 1. The molecule has 0 aliphatic rings. The number of hydrogen-bond donors (Lipinski definition) is 1. The van der Waals surface area contributed by atoms with Crippen molar-refractivity contribution < 1.29 is 14.6 Å². The Morgan fingerprint density at radius 3 is 1.57 bits per heavy atom. The fraction of sp³-hybridized carbons (Fsp3) is 0.906. The summed E-state index contributed by atoms with van der Waals surface area (Å²) < 4.78 is 5.47. The number of rotatable bonds is 27. The predicted molar refractivity (Wildman–Crippen MR) is 153 cm³/mol. The Kier molecular flexibility index (Phi) is 27.1. The van der Waals surface area contributed by atoms with Crippen molar-refractivity contribution in [1.82, 2.24) is 0 Å². The summed E-state index contributed by atoms with van der Waals surface area (Å²) >= 11 is 0. The highest BCUT2D eigenvalue weighted by atomic mass is 16.5. The number of allylic oxidation sites excluding steroid dienone is 1. The zero-order valence-electron chi connectivity index (χ0n) is 24.0. The Morgan fingerprint density at radius 2 is 1.06 bits per heavy atom. The summed E-state index contributed by atoms with van der Waals surface area (Å²) in [6.07, 6.45) is 34.0. The Bertz CT molecular complexity index is 460. The van der Waals surface area contributed by atoms with Crippen LogP contribution in [0.15, 0.2) is 12.2 Å². The van der Waals surface area contributed by atoms with Crippen LogP contribution in [0.1, 0.15) is 175 Å². The first kappa shape index (κ1) is 34.2. The lowest BCUT2D eigenvalue weighted by Crippen LogP contribution is -2.15. The second-order valence-electron chi connectivity index (χ2n) is 10.8. The molecule has 0 saturated carbocycles. The van der Waals surface area contributed by atoms with Gasteiger partial charge in [0, 0.05) is 13.3 Å². The highest BCUT2D eigenvalue weighted by Gasteiger charge is 2.09. The first-order valence-electron chi connectivity index (χ1n) is 15.6. The number of aliphatic hydroxyl groups is 1. The van der Waals surface area contributed by atoms with Crippen molar-refractivity contribution in [2.75, 3.05) is 0 Å². The summed E-state index contributed by atoms with van der Waals surface area (Å²) in [7, 11) is 0. The maximum absolute atomic E-state index is 11.3. The largest absolute Gasteiger partial charge is 0.462 e. The summed E-state index contributed by atoms with van der Waals surface area (Å²) in [5.41, 5.74) is 0. The van der Waals surface area contributed by atoms with Crippen molar-refractivity contribution in [1.29, 1.82) is 0 Å². The van der Waals surface area contributed by atoms with Gasteiger partial charge in [-0.3, -0.25) is 4.79 Å². The van der Waals surface area contributed by atoms with Gasteiger partial charge in [0.2, 0.25) is 0 Å². The number of carbonyl (C=O) groups excluding carboxylic acids is 1. The van der Waals surface area contributed by atoms with Crippen LogP contribution >= 0.6 is 0 Å². The van der Waals surface area contributed by atoms with E-state index in [9.17, 15) is 9.90 Å². The second kappa shape index (κ2) is 27.8. The van der Waals surface area contributed by atoms with Gasteiger partial charge in [0.1, 0.15) is 6.10 Å². The molecule has 3 nitrogen and oxygen atoms in total. The normalized spacial score (nSPS) is 13.4. The zero-order chi connectivity index (χ0) is 25.8. The SMILES string of the molecule is CCCCCCCCCCCCC(O)CCCCCCC/C=C\C[C@@H](CCCCCC)OC(C)=O. The lowest BCUT2D eigenvalue weighted by atomic mass is 10.0. The van der Waals surface area contributed by atoms with Crippen LogP contribution in [-0.2, 0) is 9.53 Å². The smallest absolute Gasteiger partial charge is 0.302 e. The van der Waals surface area contributed by atoms with Crippen LogP contribution in [0.5, 0.6) is 0 Å². The van der Waals surface area contributed by atoms with E-state index in [0.29, 0.717) is 0 Å². The Hall–Kier alpha value is -0.830. The van der Waals surface area contributed by atoms with Crippen molar-refractivity contribution in [3.8, 4) is 0 Å². The fourth-order valence-corrected chi connectivity index (χ4v) is 4.81. The molecule has 35 heavy (non-hydrogen) atoms. The summed E-state index contributed by atoms with van der Waals surface area (Å²) in [6, 6.07) is 0. The molecule has 3 heteroatoms. The molecule has 0 saturated heterocycles. The van der Waals surface area contributed by atoms with Crippen LogP contribution in [-0.4, -0.2) is 23.3 Å². The Morgan fingerprint density at radius 1 is 0.629 bits per heavy atom. The average molecular weight is 495 g/mol. The monoisotopic (exact) mass is 494 g/mol. The molecule has 0 bridgehead atoms. The number of unbranched alkanes of at least 4 members (excludes halogenated alkanes) is 17. The van der Waals surface area contributed by atoms with Crippen LogP contribution in [0.25, 0.3) is 0 Å². The van der Waals surface area contributed by atoms with Gasteiger partial charge in [0.05, 0.1) is 6.10 Å². The van der Waals surface area contributed by atoms with Crippen LogP contribution in [0, 0.1) is 0 Å². The molecule has 208 valence electrons. The number of esters is 1. The maximum atomic E-state index is 11.3. The maximum Gasteiger partial charge on any atom is 0.302 e. The molecule has 0 aliphatic heterocycles. The van der Waals surface area contributed by atoms with E-state index >= 15 is 0 Å². The van der Waals surface area contributed by atoms with Crippen molar-refractivity contribution in [2.24, 2.45) is 0 Å². The molecule has 2 atom stereocenters. The molecule has 0 heterocycles. The number of ether oxygens (including phenoxy) is 1. The van der Waals surface area contributed by atoms with E-state index in [1.165, 1.54) is 116 Å². The average Bonchev–Trinajstić information content (AvgIpc) is 2.83. The van der Waals surface area contributed by atoms with Crippen molar-refractivity contribution in [3.05, 3.63) is 12.2 Å². The van der Waals surface area contributed by atoms with E-state index in [1.54, 1.807) is 0 Å². The van der Waals surface area contributed by atoms with Gasteiger partial charge in [-0.1, -0.05) is 135 Å². The molecule has 0 fully saturated rings. The summed E-state index contributed by atoms with van der Waals surface area (Å²) in [4.78, 5) is 11.3. The Labute approximate surface area is 219 Å². The van der Waals surface area contributed by atoms with Crippen LogP contribution in [0.2, 0.25) is 0 Å². The molecule has 0 amide bonds. The molecule has 0 aromatic carbocycles. The molecule has 0 radical (unpaired) electrons. The van der Waals surface area contributed by atoms with Crippen LogP contribution < -0.4 is 0 Å². The van der Waals surface area contributed by atoms with E-state index in [4.69, 9.17) is 4.74 Å². The standard InChI is InChI=1S/C32H62O3/c1-4-6-8-10-11-12-13-16-19-22-26-31(34)27-23-20-17-14-15-18-21-25-29-32(35-30(3)33)28-24-9-7-5-2/h21,25,31-32,34H,4-20,22-24,26-29H2,1-3H3/b25-21-/t31?,32-/m1/s1. The van der Waals surface area contributed by atoms with E-state index in [0.717, 1.165) is 44.9 Å². The van der Waals surface area contributed by atoms with E-state index < -0.39 is 0 Å². The first-order valence-corrected chi connectivity index (χ1v) is 15.6. The highest BCUT2D eigenvalue weighted by Crippen LogP contribution is 2.16. The predicted octanol–water partition coefficient (Wildman–Crippen LogP) is 10.2. The summed E-state index contributed by atoms with van der Waals surface area (Å²) in [5.74, 6) is -0.160. The first-order chi connectivity index (χ1) is 17.1. The third kappa shape index (κ3) is 27.6. The molecule has 0 aliphatic carbocycles. The molecular weight excluding hydrogens is 432 g/mol. The fourth-order valence-electron chi connectivity index (χ4n) is 4.81. The van der Waals surface area contributed by atoms with Crippen molar-refractivity contribution in [3.63, 3.8) is 0 Å². The minimum atomic E-state index is -0.160. The van der Waals surface area contributed by atoms with Gasteiger partial charge in [-0.2, -0.15) is 0 Å². The number of aliphatic hydroxyl groups excluding tert-OH is 1. The van der Waals surface area contributed by atoms with Gasteiger partial charge in [-0.05, 0) is 38.5 Å². The van der Waals surface area contributed by atoms with Gasteiger partial charge >= 0.3 is 5.97 Å². The molecule has 0 spiro atoms. The van der Waals surface area contributed by atoms with Crippen molar-refractivity contribution >= 4 is 5.97 Å². The summed E-state index contributed by atoms with van der Waals surface area (Å²) in [6.45, 7) is 6.01. The molecule has 1 N–H and O–H groups in total. The molecular formula is C32H62O3. The summed E-state index contributed by atoms with van der Waals surface area (Å²) in [5, 5.41) is 10.2. The van der Waals surface area contributed by atoms with Gasteiger partial charge in [0.25, 0.3) is 0 Å². The lowest BCUT2D eigenvalue weighted by molar-refractivity contribution is -0.146. The van der Waals surface area contributed by atoms with Crippen molar-refractivity contribution in [2.45, 2.75) is 187 Å². The Balaban J connectivity index is 3.51. The van der Waals surface area contributed by atoms with Gasteiger partial charge < -0.3 is 9.84 Å². The van der Waals surface area contributed by atoms with E-state index in [1.807, 2.05) is 0 Å². The molecule has 0 aromatic heterocycles. The molecule has 0 rings (SSSR count). The van der Waals surface area contributed by atoms with E-state index in [2.05, 4.69) is 26.0 Å².